The summed E-state index contributed by atoms with van der Waals surface area (Å²) in [5.41, 5.74) is 2.20. The van der Waals surface area contributed by atoms with E-state index in [1.807, 2.05) is 30.3 Å². The Morgan fingerprint density at radius 1 is 1.10 bits per heavy atom. The largest absolute Gasteiger partial charge is 0.497 e. The Kier molecular flexibility index (Phi) is 6.36. The van der Waals surface area contributed by atoms with E-state index in [1.54, 1.807) is 43.2 Å². The molecule has 8 heteroatoms. The molecule has 0 atom stereocenters. The van der Waals surface area contributed by atoms with Gasteiger partial charge in [0.15, 0.2) is 0 Å². The van der Waals surface area contributed by atoms with E-state index in [0.717, 1.165) is 5.69 Å². The number of carbonyl (C=O) groups excluding carboxylic acids is 1. The minimum Gasteiger partial charge on any atom is -0.497 e. The molecular formula is C22H23N3O5. The summed E-state index contributed by atoms with van der Waals surface area (Å²) in [7, 11) is 4.66. The van der Waals surface area contributed by atoms with Gasteiger partial charge in [0.1, 0.15) is 17.2 Å². The quantitative estimate of drug-likeness (QED) is 0.614. The Morgan fingerprint density at radius 2 is 1.83 bits per heavy atom. The first-order valence-electron chi connectivity index (χ1n) is 9.29. The van der Waals surface area contributed by atoms with E-state index in [2.05, 4.69) is 5.10 Å². The molecule has 1 N–H and O–H groups in total. The SMILES string of the molecule is COc1ccc(-c2nn(-c3ccccc3)cc2C(=O)N(C)CCC(=O)O)c(OC)c1. The highest BCUT2D eigenvalue weighted by atomic mass is 16.5. The topological polar surface area (TPSA) is 93.9 Å². The predicted octanol–water partition coefficient (Wildman–Crippen LogP) is 3.10. The van der Waals surface area contributed by atoms with Crippen LogP contribution in [0.3, 0.4) is 0 Å². The van der Waals surface area contributed by atoms with Gasteiger partial charge in [0.2, 0.25) is 0 Å². The molecule has 0 spiro atoms. The van der Waals surface area contributed by atoms with E-state index in [9.17, 15) is 9.59 Å². The number of aromatic nitrogens is 2. The van der Waals surface area contributed by atoms with Crippen LogP contribution in [-0.2, 0) is 4.79 Å². The van der Waals surface area contributed by atoms with E-state index >= 15 is 0 Å². The maximum Gasteiger partial charge on any atom is 0.305 e. The zero-order valence-corrected chi connectivity index (χ0v) is 17.0. The number of amides is 1. The van der Waals surface area contributed by atoms with Gasteiger partial charge in [-0.05, 0) is 24.3 Å². The number of hydrogen-bond donors (Lipinski definition) is 1. The first-order valence-corrected chi connectivity index (χ1v) is 9.29. The Balaban J connectivity index is 2.10. The predicted molar refractivity (Wildman–Crippen MR) is 111 cm³/mol. The molecule has 0 fully saturated rings. The van der Waals surface area contributed by atoms with Crippen LogP contribution in [0.5, 0.6) is 11.5 Å². The molecule has 0 bridgehead atoms. The summed E-state index contributed by atoms with van der Waals surface area (Å²) in [5, 5.41) is 13.6. The van der Waals surface area contributed by atoms with E-state index in [4.69, 9.17) is 14.6 Å². The highest BCUT2D eigenvalue weighted by molar-refractivity contribution is 6.00. The standard InChI is InChI=1S/C22H23N3O5/c1-24(12-11-20(26)27)22(28)18-14-25(15-7-5-4-6-8-15)23-21(18)17-10-9-16(29-2)13-19(17)30-3/h4-10,13-14H,11-12H2,1-3H3,(H,26,27). The number of ether oxygens (including phenoxy) is 2. The van der Waals surface area contributed by atoms with Gasteiger partial charge in [-0.25, -0.2) is 4.68 Å². The minimum absolute atomic E-state index is 0.0872. The number of rotatable bonds is 8. The highest BCUT2D eigenvalue weighted by Crippen LogP contribution is 2.35. The van der Waals surface area contributed by atoms with Crippen molar-refractivity contribution in [3.05, 3.63) is 60.3 Å². The first kappa shape index (κ1) is 20.9. The van der Waals surface area contributed by atoms with Crippen molar-refractivity contribution >= 4 is 11.9 Å². The second kappa shape index (κ2) is 9.13. The van der Waals surface area contributed by atoms with Gasteiger partial charge in [0.25, 0.3) is 5.91 Å². The van der Waals surface area contributed by atoms with Crippen LogP contribution in [0.15, 0.2) is 54.7 Å². The van der Waals surface area contributed by atoms with Crippen molar-refractivity contribution in [1.29, 1.82) is 0 Å². The van der Waals surface area contributed by atoms with Crippen LogP contribution >= 0.6 is 0 Å². The average molecular weight is 409 g/mol. The van der Waals surface area contributed by atoms with Gasteiger partial charge in [0.05, 0.1) is 31.9 Å². The highest BCUT2D eigenvalue weighted by Gasteiger charge is 2.24. The molecule has 0 aliphatic rings. The van der Waals surface area contributed by atoms with E-state index in [-0.39, 0.29) is 18.9 Å². The average Bonchev–Trinajstić information content (AvgIpc) is 3.22. The third-order valence-electron chi connectivity index (χ3n) is 4.64. The van der Waals surface area contributed by atoms with Crippen molar-refractivity contribution in [2.75, 3.05) is 27.8 Å². The molecule has 0 saturated heterocycles. The molecule has 0 aliphatic heterocycles. The van der Waals surface area contributed by atoms with Crippen LogP contribution in [0.4, 0.5) is 0 Å². The fourth-order valence-electron chi connectivity index (χ4n) is 3.01. The summed E-state index contributed by atoms with van der Waals surface area (Å²) >= 11 is 0. The van der Waals surface area contributed by atoms with Crippen LogP contribution in [0.2, 0.25) is 0 Å². The number of hydrogen-bond acceptors (Lipinski definition) is 5. The number of para-hydroxylation sites is 1. The third-order valence-corrected chi connectivity index (χ3v) is 4.64. The summed E-state index contributed by atoms with van der Waals surface area (Å²) in [6.07, 6.45) is 1.50. The number of methoxy groups -OCH3 is 2. The lowest BCUT2D eigenvalue weighted by Gasteiger charge is -2.16. The van der Waals surface area contributed by atoms with Gasteiger partial charge in [-0.2, -0.15) is 5.10 Å². The van der Waals surface area contributed by atoms with Crippen LogP contribution in [0.1, 0.15) is 16.8 Å². The smallest absolute Gasteiger partial charge is 0.305 e. The van der Waals surface area contributed by atoms with E-state index in [1.165, 1.54) is 12.0 Å². The van der Waals surface area contributed by atoms with Crippen molar-refractivity contribution in [2.24, 2.45) is 0 Å². The molecule has 3 rings (SSSR count). The summed E-state index contributed by atoms with van der Waals surface area (Å²) in [4.78, 5) is 25.4. The lowest BCUT2D eigenvalue weighted by Crippen LogP contribution is -2.29. The second-order valence-electron chi connectivity index (χ2n) is 6.61. The zero-order chi connectivity index (χ0) is 21.7. The molecule has 30 heavy (non-hydrogen) atoms. The molecule has 0 saturated carbocycles. The number of aliphatic carboxylic acids is 1. The Bertz CT molecular complexity index is 1050. The van der Waals surface area contributed by atoms with E-state index in [0.29, 0.717) is 28.3 Å². The van der Waals surface area contributed by atoms with Gasteiger partial charge >= 0.3 is 5.97 Å². The molecule has 0 unspecified atom stereocenters. The molecule has 0 aliphatic carbocycles. The number of nitrogens with zero attached hydrogens (tertiary/aromatic N) is 3. The Morgan fingerprint density at radius 3 is 2.47 bits per heavy atom. The summed E-state index contributed by atoms with van der Waals surface area (Å²) in [6, 6.07) is 14.7. The van der Waals surface area contributed by atoms with Crippen LogP contribution in [0.25, 0.3) is 16.9 Å². The fraction of sp³-hybridized carbons (Fsp3) is 0.227. The second-order valence-corrected chi connectivity index (χ2v) is 6.61. The number of carboxylic acids is 1. The molecule has 0 radical (unpaired) electrons. The minimum atomic E-state index is -0.966. The van der Waals surface area contributed by atoms with Gasteiger partial charge in [-0.3, -0.25) is 9.59 Å². The van der Waals surface area contributed by atoms with Gasteiger partial charge in [-0.1, -0.05) is 18.2 Å². The Labute approximate surface area is 174 Å². The normalized spacial score (nSPS) is 10.5. The summed E-state index contributed by atoms with van der Waals surface area (Å²) in [6.45, 7) is 0.0872. The maximum atomic E-state index is 13.1. The molecule has 2 aromatic carbocycles. The van der Waals surface area contributed by atoms with Gasteiger partial charge in [0, 0.05) is 31.4 Å². The lowest BCUT2D eigenvalue weighted by atomic mass is 10.1. The van der Waals surface area contributed by atoms with Crippen LogP contribution in [-0.4, -0.2) is 59.5 Å². The molecule has 3 aromatic rings. The molecular weight excluding hydrogens is 386 g/mol. The maximum absolute atomic E-state index is 13.1. The summed E-state index contributed by atoms with van der Waals surface area (Å²) < 4.78 is 12.4. The molecule has 8 nitrogen and oxygen atoms in total. The van der Waals surface area contributed by atoms with Crippen molar-refractivity contribution < 1.29 is 24.2 Å². The van der Waals surface area contributed by atoms with Gasteiger partial charge in [-0.15, -0.1) is 0 Å². The lowest BCUT2D eigenvalue weighted by molar-refractivity contribution is -0.137. The van der Waals surface area contributed by atoms with Crippen molar-refractivity contribution in [2.45, 2.75) is 6.42 Å². The monoisotopic (exact) mass is 409 g/mol. The van der Waals surface area contributed by atoms with Crippen molar-refractivity contribution in [1.82, 2.24) is 14.7 Å². The Hall–Kier alpha value is -3.81. The van der Waals surface area contributed by atoms with Gasteiger partial charge < -0.3 is 19.5 Å². The number of benzene rings is 2. The van der Waals surface area contributed by atoms with Crippen LogP contribution in [0, 0.1) is 0 Å². The zero-order valence-electron chi connectivity index (χ0n) is 17.0. The number of carboxylic acid groups (broad SMARTS) is 1. The molecule has 156 valence electrons. The molecule has 1 aromatic heterocycles. The first-order chi connectivity index (χ1) is 14.4. The number of carbonyl (C=O) groups is 2. The molecule has 1 heterocycles. The van der Waals surface area contributed by atoms with Crippen LogP contribution < -0.4 is 9.47 Å². The summed E-state index contributed by atoms with van der Waals surface area (Å²) in [5.74, 6) is -0.169. The molecule has 1 amide bonds. The fourth-order valence-corrected chi connectivity index (χ4v) is 3.01. The van der Waals surface area contributed by atoms with E-state index < -0.39 is 5.97 Å². The third kappa shape index (κ3) is 4.43. The van der Waals surface area contributed by atoms with Crippen molar-refractivity contribution in [3.8, 4) is 28.4 Å². The van der Waals surface area contributed by atoms with Crippen molar-refractivity contribution in [3.63, 3.8) is 0 Å².